The van der Waals surface area contributed by atoms with Crippen molar-refractivity contribution in [3.63, 3.8) is 0 Å². The number of aromatic nitrogens is 3. The summed E-state index contributed by atoms with van der Waals surface area (Å²) < 4.78 is 7.28. The zero-order valence-electron chi connectivity index (χ0n) is 92.0. The van der Waals surface area contributed by atoms with Gasteiger partial charge in [-0.05, 0) is 259 Å². The lowest BCUT2D eigenvalue weighted by Gasteiger charge is -2.09. The molecule has 0 spiro atoms. The predicted octanol–water partition coefficient (Wildman–Crippen LogP) is 40.9. The van der Waals surface area contributed by atoms with Gasteiger partial charge in [0.2, 0.25) is 0 Å². The Morgan fingerprint density at radius 3 is 0.768 bits per heavy atom. The van der Waals surface area contributed by atoms with Gasteiger partial charge in [0.1, 0.15) is 0 Å². The molecule has 0 radical (unpaired) electrons. The Kier molecular flexibility index (Phi) is 56.0. The van der Waals surface area contributed by atoms with Crippen molar-refractivity contribution in [1.29, 1.82) is 0 Å². The van der Waals surface area contributed by atoms with Crippen LogP contribution in [0.2, 0.25) is 0 Å². The Balaban J connectivity index is 0.000000336. The molecule has 0 unspecified atom stereocenters. The highest BCUT2D eigenvalue weighted by molar-refractivity contribution is 6.11. The van der Waals surface area contributed by atoms with Crippen molar-refractivity contribution in [3.05, 3.63) is 428 Å². The van der Waals surface area contributed by atoms with Crippen molar-refractivity contribution in [3.8, 4) is 33.4 Å². The minimum Gasteiger partial charge on any atom is -0.341 e. The molecule has 732 valence electrons. The highest BCUT2D eigenvalue weighted by atomic mass is 15.0. The van der Waals surface area contributed by atoms with Crippen LogP contribution in [0.3, 0.4) is 0 Å². The molecule has 3 aliphatic rings. The first-order valence-corrected chi connectivity index (χ1v) is 53.7. The number of aryl methyl sites for hydroxylation is 9. The highest BCUT2D eigenvalue weighted by Gasteiger charge is 2.21. The van der Waals surface area contributed by atoms with Crippen molar-refractivity contribution in [2.75, 3.05) is 0 Å². The summed E-state index contributed by atoms with van der Waals surface area (Å²) in [6.07, 6.45) is 9.57. The van der Waals surface area contributed by atoms with Gasteiger partial charge in [-0.1, -0.05) is 489 Å². The van der Waals surface area contributed by atoms with Gasteiger partial charge in [0, 0.05) is 85.1 Å². The van der Waals surface area contributed by atoms with Crippen LogP contribution < -0.4 is 0 Å². The van der Waals surface area contributed by atoms with Crippen LogP contribution in [0.15, 0.2) is 328 Å². The molecular formula is C135H177N3. The lowest BCUT2D eigenvalue weighted by Crippen LogP contribution is -1.95. The fourth-order valence-electron chi connectivity index (χ4n) is 18.5. The maximum Gasteiger partial charge on any atom is 0.0494 e. The van der Waals surface area contributed by atoms with E-state index in [1.807, 2.05) is 166 Å². The summed E-state index contributed by atoms with van der Waals surface area (Å²) in [7, 11) is 0. The monoisotopic (exact) mass is 1840 g/mol. The average Bonchev–Trinajstić information content (AvgIpc) is 1.60. The molecule has 3 aromatic heterocycles. The van der Waals surface area contributed by atoms with E-state index < -0.39 is 0 Å². The standard InChI is InChI=1S/3C24H25N.3C13H10.12C2H6/c1-4-18-13-17(3)14-19(15-18)16-20-9-8-12-23-24(20)21-10-6-7-11-22(21)25(23)5-2;1-4-18-12-17(3)13-20(14-18)15-19-10-11-24-22(16-19)21-8-6-7-9-23(21)25(24)5-2;1-4-18-12-17(3)13-20(14-18)15-19-10-11-22-21-8-6-7-9-23(21)25(5-2)24(22)16-19;3*1-3-7-12-10(5-1)9-11-6-2-4-8-13(11)12;12*1-2/h6-15H,4-5,16H2,1-3H3;2*6-14,16H,4-5,15H2,1-3H3;3*1-8H,9H2;12*1-2H3. The minimum atomic E-state index is 0.990. The minimum absolute atomic E-state index is 0.990. The van der Waals surface area contributed by atoms with E-state index in [9.17, 15) is 0 Å². The fraction of sp³-hybridized carbons (Fsp3) is 0.333. The molecule has 0 atom stereocenters. The third-order valence-corrected chi connectivity index (χ3v) is 23.7. The van der Waals surface area contributed by atoms with E-state index in [-0.39, 0.29) is 0 Å². The number of hydrogen-bond acceptors (Lipinski definition) is 0. The van der Waals surface area contributed by atoms with Gasteiger partial charge in [0.25, 0.3) is 0 Å². The van der Waals surface area contributed by atoms with Crippen LogP contribution in [0.5, 0.6) is 0 Å². The van der Waals surface area contributed by atoms with Crippen LogP contribution in [0, 0.1) is 20.8 Å². The van der Waals surface area contributed by atoms with E-state index >= 15 is 0 Å². The first-order valence-electron chi connectivity index (χ1n) is 53.7. The fourth-order valence-corrected chi connectivity index (χ4v) is 18.5. The SMILES string of the molecule is CC.CC.CC.CC.CC.CC.CC.CC.CC.CC.CC.CC.CCc1cc(C)cc(Cc2ccc3c(c2)c2ccccc2n3CC)c1.CCc1cc(C)cc(Cc2ccc3c4ccccc4n(CC)c3c2)c1.CCc1cc(C)cc(Cc2cccc3c2c2ccccc2n3CC)c1.c1ccc2c(c1)Cc1ccccc1-2.c1ccc2c(c1)Cc1ccccc1-2.c1ccc2c(c1)Cc1ccccc1-2. The Labute approximate surface area is 840 Å². The number of rotatable bonds is 12. The Bertz CT molecular complexity index is 6150. The number of hydrogen-bond donors (Lipinski definition) is 0. The molecular weight excluding hydrogens is 1660 g/mol. The van der Waals surface area contributed by atoms with Gasteiger partial charge in [-0.2, -0.15) is 0 Å². The zero-order chi connectivity index (χ0) is 102. The van der Waals surface area contributed by atoms with Crippen molar-refractivity contribution in [1.82, 2.24) is 13.7 Å². The molecule has 0 aliphatic heterocycles. The Morgan fingerprint density at radius 1 is 0.181 bits per heavy atom. The van der Waals surface area contributed by atoms with Crippen LogP contribution in [0.4, 0.5) is 0 Å². The predicted molar refractivity (Wildman–Crippen MR) is 626 cm³/mol. The summed E-state index contributed by atoms with van der Waals surface area (Å²) in [4.78, 5) is 0. The van der Waals surface area contributed by atoms with E-state index in [2.05, 4.69) is 404 Å². The van der Waals surface area contributed by atoms with E-state index in [0.29, 0.717) is 0 Å². The molecule has 0 saturated heterocycles. The molecule has 3 nitrogen and oxygen atoms in total. The lowest BCUT2D eigenvalue weighted by atomic mass is 9.96. The number of para-hydroxylation sites is 3. The quantitative estimate of drug-likeness (QED) is 0.116. The molecule has 3 heterocycles. The van der Waals surface area contributed by atoms with Crippen LogP contribution in [0.1, 0.15) is 308 Å². The van der Waals surface area contributed by atoms with E-state index in [0.717, 1.165) is 77.4 Å². The van der Waals surface area contributed by atoms with Gasteiger partial charge in [0.15, 0.2) is 0 Å². The summed E-state index contributed by atoms with van der Waals surface area (Å²) in [6.45, 7) is 70.9. The topological polar surface area (TPSA) is 14.8 Å². The van der Waals surface area contributed by atoms with Crippen LogP contribution in [-0.4, -0.2) is 13.7 Å². The normalized spacial score (nSPS) is 10.2. The molecule has 3 aliphatic carbocycles. The second-order valence-electron chi connectivity index (χ2n) is 31.3. The smallest absolute Gasteiger partial charge is 0.0494 e. The Morgan fingerprint density at radius 2 is 0.428 bits per heavy atom. The maximum atomic E-state index is 2.43. The molecule has 0 bridgehead atoms. The second-order valence-corrected chi connectivity index (χ2v) is 31.3. The van der Waals surface area contributed by atoms with Gasteiger partial charge in [-0.3, -0.25) is 0 Å². The van der Waals surface area contributed by atoms with Gasteiger partial charge < -0.3 is 13.7 Å². The van der Waals surface area contributed by atoms with E-state index in [4.69, 9.17) is 0 Å². The molecule has 0 amide bonds. The van der Waals surface area contributed by atoms with Gasteiger partial charge in [0.05, 0.1) is 0 Å². The van der Waals surface area contributed by atoms with Crippen LogP contribution in [-0.2, 0) is 77.4 Å². The Hall–Kier alpha value is -12.3. The summed E-state index contributed by atoms with van der Waals surface area (Å²) in [5.41, 5.74) is 42.1. The van der Waals surface area contributed by atoms with Gasteiger partial charge in [-0.25, -0.2) is 0 Å². The molecule has 0 fully saturated rings. The second kappa shape index (κ2) is 65.5. The van der Waals surface area contributed by atoms with Crippen LogP contribution >= 0.6 is 0 Å². The van der Waals surface area contributed by atoms with E-state index in [1.54, 1.807) is 0 Å². The summed E-state index contributed by atoms with van der Waals surface area (Å²) in [5.74, 6) is 0. The van der Waals surface area contributed by atoms with Crippen molar-refractivity contribution in [2.24, 2.45) is 0 Å². The number of fused-ring (bicyclic) bond motifs is 18. The molecule has 15 aromatic carbocycles. The summed E-state index contributed by atoms with van der Waals surface area (Å²) >= 11 is 0. The first-order chi connectivity index (χ1) is 67.9. The van der Waals surface area contributed by atoms with Gasteiger partial charge in [-0.15, -0.1) is 0 Å². The van der Waals surface area contributed by atoms with Crippen LogP contribution in [0.25, 0.3) is 98.8 Å². The molecule has 18 aromatic rings. The molecule has 0 N–H and O–H groups in total. The average molecular weight is 1840 g/mol. The third-order valence-electron chi connectivity index (χ3n) is 23.7. The molecule has 138 heavy (non-hydrogen) atoms. The van der Waals surface area contributed by atoms with Crippen molar-refractivity contribution < 1.29 is 0 Å². The van der Waals surface area contributed by atoms with Crippen molar-refractivity contribution >= 4 is 65.4 Å². The zero-order valence-corrected chi connectivity index (χ0v) is 92.0. The van der Waals surface area contributed by atoms with E-state index in [1.165, 1.54) is 199 Å². The highest BCUT2D eigenvalue weighted by Crippen LogP contribution is 2.40. The summed E-state index contributed by atoms with van der Waals surface area (Å²) in [5, 5.41) is 8.24. The number of benzene rings is 15. The first kappa shape index (κ1) is 118. The third kappa shape index (κ3) is 30.6. The van der Waals surface area contributed by atoms with Crippen molar-refractivity contribution in [2.45, 2.75) is 306 Å². The summed E-state index contributed by atoms with van der Waals surface area (Å²) in [6, 6.07) is 120. The maximum absolute atomic E-state index is 2.43. The number of nitrogens with zero attached hydrogens (tertiary/aromatic N) is 3. The molecule has 3 heteroatoms. The van der Waals surface area contributed by atoms with Gasteiger partial charge >= 0.3 is 0 Å². The molecule has 21 rings (SSSR count). The lowest BCUT2D eigenvalue weighted by molar-refractivity contribution is 0.826. The molecule has 0 saturated carbocycles. The largest absolute Gasteiger partial charge is 0.341 e.